The van der Waals surface area contributed by atoms with E-state index in [2.05, 4.69) is 22.0 Å². The van der Waals surface area contributed by atoms with E-state index in [9.17, 15) is 8.78 Å². The molecule has 0 aromatic heterocycles. The van der Waals surface area contributed by atoms with Crippen LogP contribution in [0.2, 0.25) is 0 Å². The molecule has 0 aliphatic rings. The number of halogens is 3. The fraction of sp³-hybridized carbons (Fsp3) is 0.250. The summed E-state index contributed by atoms with van der Waals surface area (Å²) >= 11 is 2.12. The van der Waals surface area contributed by atoms with Crippen molar-refractivity contribution in [3.05, 3.63) is 35.4 Å². The largest absolute Gasteiger partial charge is 0.347 e. The molecular formula is C8H8F2IOP. The molecule has 1 aromatic rings. The number of rotatable bonds is 4. The Labute approximate surface area is 90.2 Å². The average Bonchev–Trinajstić information content (AvgIpc) is 2.15. The van der Waals surface area contributed by atoms with Crippen LogP contribution in [0, 0.1) is 0 Å². The molecule has 1 atom stereocenters. The van der Waals surface area contributed by atoms with Crippen LogP contribution in [0.3, 0.4) is 0 Å². The summed E-state index contributed by atoms with van der Waals surface area (Å²) in [4.78, 5) is 0. The number of hydrogen-bond acceptors (Lipinski definition) is 1. The van der Waals surface area contributed by atoms with E-state index < -0.39 is 6.43 Å². The summed E-state index contributed by atoms with van der Waals surface area (Å²) in [6, 6.07) is 6.19. The molecule has 0 heterocycles. The van der Waals surface area contributed by atoms with Gasteiger partial charge >= 0.3 is 0 Å². The van der Waals surface area contributed by atoms with Crippen molar-refractivity contribution >= 4 is 28.5 Å². The number of hydrogen-bond donors (Lipinski definition) is 0. The van der Waals surface area contributed by atoms with Gasteiger partial charge in [-0.15, -0.1) is 0 Å². The number of benzene rings is 1. The van der Waals surface area contributed by atoms with Crippen LogP contribution >= 0.6 is 28.5 Å². The summed E-state index contributed by atoms with van der Waals surface area (Å²) in [7, 11) is 0. The zero-order valence-electron chi connectivity index (χ0n) is 6.64. The lowest BCUT2D eigenvalue weighted by atomic mass is 10.1. The Kier molecular flexibility index (Phi) is 5.06. The smallest absolute Gasteiger partial charge is 0.263 e. The van der Waals surface area contributed by atoms with Gasteiger partial charge in [-0.2, -0.15) is 0 Å². The van der Waals surface area contributed by atoms with Gasteiger partial charge in [0.05, 0.1) is 13.1 Å². The van der Waals surface area contributed by atoms with Gasteiger partial charge in [-0.3, -0.25) is 0 Å². The molecule has 0 amide bonds. The van der Waals surface area contributed by atoms with E-state index in [-0.39, 0.29) is 5.56 Å². The van der Waals surface area contributed by atoms with Gasteiger partial charge in [0.2, 0.25) is 0 Å². The second-order valence-electron chi connectivity index (χ2n) is 2.41. The van der Waals surface area contributed by atoms with Crippen molar-refractivity contribution in [2.45, 2.75) is 13.0 Å². The highest BCUT2D eigenvalue weighted by atomic mass is 127. The van der Waals surface area contributed by atoms with Crippen LogP contribution in [0.5, 0.6) is 0 Å². The maximum atomic E-state index is 12.1. The minimum absolute atomic E-state index is 0.0562. The van der Waals surface area contributed by atoms with Gasteiger partial charge in [0.1, 0.15) is 0 Å². The molecule has 0 aliphatic heterocycles. The molecule has 0 bridgehead atoms. The first-order valence-electron chi connectivity index (χ1n) is 3.58. The third-order valence-corrected chi connectivity index (χ3v) is 2.71. The molecule has 72 valence electrons. The third-order valence-electron chi connectivity index (χ3n) is 1.53. The summed E-state index contributed by atoms with van der Waals surface area (Å²) in [6.07, 6.45) is -2.39. The molecule has 0 spiro atoms. The molecule has 5 heteroatoms. The van der Waals surface area contributed by atoms with Crippen molar-refractivity contribution in [2.24, 2.45) is 0 Å². The van der Waals surface area contributed by atoms with E-state index in [4.69, 9.17) is 4.52 Å². The summed E-state index contributed by atoms with van der Waals surface area (Å²) in [5.41, 5.74) is 0.981. The van der Waals surface area contributed by atoms with E-state index >= 15 is 0 Å². The first-order valence-corrected chi connectivity index (χ1v) is 7.60. The zero-order chi connectivity index (χ0) is 9.68. The van der Waals surface area contributed by atoms with Gasteiger partial charge < -0.3 is 4.52 Å². The fourth-order valence-corrected chi connectivity index (χ4v) is 1.56. The van der Waals surface area contributed by atoms with Crippen LogP contribution in [-0.2, 0) is 11.1 Å². The Morgan fingerprint density at radius 1 is 1.31 bits per heavy atom. The highest BCUT2D eigenvalue weighted by Gasteiger charge is 2.05. The molecule has 1 rings (SSSR count). The van der Waals surface area contributed by atoms with Crippen molar-refractivity contribution in [1.82, 2.24) is 0 Å². The second kappa shape index (κ2) is 5.83. The minimum Gasteiger partial charge on any atom is -0.347 e. The van der Waals surface area contributed by atoms with Crippen LogP contribution in [0.1, 0.15) is 17.6 Å². The van der Waals surface area contributed by atoms with Gasteiger partial charge in [-0.05, 0) is 27.6 Å². The molecule has 0 aliphatic carbocycles. The van der Waals surface area contributed by atoms with E-state index in [1.807, 2.05) is 0 Å². The first kappa shape index (κ1) is 11.3. The second-order valence-corrected chi connectivity index (χ2v) is 4.17. The topological polar surface area (TPSA) is 9.23 Å². The molecule has 1 nitrogen and oxygen atoms in total. The highest BCUT2D eigenvalue weighted by molar-refractivity contribution is 14.2. The van der Waals surface area contributed by atoms with E-state index in [0.29, 0.717) is 13.1 Å². The minimum atomic E-state index is -2.39. The summed E-state index contributed by atoms with van der Waals surface area (Å²) in [5.74, 6) is 0. The van der Waals surface area contributed by atoms with Crippen LogP contribution < -0.4 is 0 Å². The Hall–Kier alpha value is 0.200. The van der Waals surface area contributed by atoms with Gasteiger partial charge in [0, 0.05) is 5.56 Å². The Bertz CT molecular complexity index is 253. The molecular weight excluding hydrogens is 308 g/mol. The average molecular weight is 316 g/mol. The van der Waals surface area contributed by atoms with Crippen LogP contribution in [0.25, 0.3) is 0 Å². The Morgan fingerprint density at radius 2 is 1.92 bits per heavy atom. The number of alkyl halides is 2. The van der Waals surface area contributed by atoms with Crippen molar-refractivity contribution < 1.29 is 13.3 Å². The van der Waals surface area contributed by atoms with Crippen LogP contribution in [-0.4, -0.2) is 0 Å². The summed E-state index contributed by atoms with van der Waals surface area (Å²) in [6.45, 7) is 0.889. The lowest BCUT2D eigenvalue weighted by Crippen LogP contribution is -1.87. The summed E-state index contributed by atoms with van der Waals surface area (Å²) < 4.78 is 29.4. The van der Waals surface area contributed by atoms with Crippen molar-refractivity contribution in [2.75, 3.05) is 0 Å². The molecule has 1 unspecified atom stereocenters. The molecule has 0 N–H and O–H groups in total. The Morgan fingerprint density at radius 3 is 2.38 bits per heavy atom. The molecule has 0 radical (unpaired) electrons. The summed E-state index contributed by atoms with van der Waals surface area (Å²) in [5, 5.41) is 0. The predicted octanol–water partition coefficient (Wildman–Crippen LogP) is 4.08. The maximum absolute atomic E-state index is 12.1. The van der Waals surface area contributed by atoms with E-state index in [1.54, 1.807) is 12.1 Å². The van der Waals surface area contributed by atoms with Crippen molar-refractivity contribution in [3.8, 4) is 0 Å². The Balaban J connectivity index is 2.59. The zero-order valence-corrected chi connectivity index (χ0v) is 9.79. The SMILES string of the molecule is FC(F)c1ccc(COPI)cc1. The van der Waals surface area contributed by atoms with Gasteiger partial charge in [0.15, 0.2) is 0 Å². The van der Waals surface area contributed by atoms with Crippen molar-refractivity contribution in [1.29, 1.82) is 0 Å². The van der Waals surface area contributed by atoms with E-state index in [0.717, 1.165) is 5.56 Å². The van der Waals surface area contributed by atoms with Crippen LogP contribution in [0.4, 0.5) is 8.78 Å². The van der Waals surface area contributed by atoms with Gasteiger partial charge in [-0.1, -0.05) is 24.3 Å². The van der Waals surface area contributed by atoms with E-state index in [1.165, 1.54) is 12.1 Å². The maximum Gasteiger partial charge on any atom is 0.263 e. The highest BCUT2D eigenvalue weighted by Crippen LogP contribution is 2.24. The molecule has 0 saturated carbocycles. The normalized spacial score (nSPS) is 11.7. The van der Waals surface area contributed by atoms with Crippen molar-refractivity contribution in [3.63, 3.8) is 0 Å². The lowest BCUT2D eigenvalue weighted by molar-refractivity contribution is 0.151. The molecule has 0 fully saturated rings. The molecule has 1 aromatic carbocycles. The molecule has 0 saturated heterocycles. The van der Waals surface area contributed by atoms with Crippen LogP contribution in [0.15, 0.2) is 24.3 Å². The third kappa shape index (κ3) is 3.83. The quantitative estimate of drug-likeness (QED) is 0.601. The monoisotopic (exact) mass is 316 g/mol. The standard InChI is InChI=1S/C8H8F2IOP/c9-8(10)7-3-1-6(2-4-7)5-12-13-11/h1-4,8,13H,5H2. The lowest BCUT2D eigenvalue weighted by Gasteiger charge is -2.02. The van der Waals surface area contributed by atoms with Gasteiger partial charge in [0.25, 0.3) is 6.43 Å². The van der Waals surface area contributed by atoms with Gasteiger partial charge in [-0.25, -0.2) is 8.78 Å². The fourth-order valence-electron chi connectivity index (χ4n) is 0.870. The first-order chi connectivity index (χ1) is 6.24. The molecule has 13 heavy (non-hydrogen) atoms. The predicted molar refractivity (Wildman–Crippen MR) is 58.5 cm³/mol.